The highest BCUT2D eigenvalue weighted by atomic mass is 32.1. The lowest BCUT2D eigenvalue weighted by molar-refractivity contribution is -0.925. The molecule has 1 unspecified atom stereocenters. The molecule has 1 aromatic heterocycles. The van der Waals surface area contributed by atoms with E-state index in [0.29, 0.717) is 27.9 Å². The fraction of sp³-hybridized carbons (Fsp3) is 0.208. The van der Waals surface area contributed by atoms with Gasteiger partial charge in [0.15, 0.2) is 17.6 Å². The number of fused-ring (bicyclic) bond motifs is 2. The minimum atomic E-state index is -0.258. The Bertz CT molecular complexity index is 1120. The van der Waals surface area contributed by atoms with Gasteiger partial charge in [0.2, 0.25) is 0 Å². The van der Waals surface area contributed by atoms with Crippen LogP contribution in [0.1, 0.15) is 50.6 Å². The number of anilines is 1. The van der Waals surface area contributed by atoms with Gasteiger partial charge in [0.05, 0.1) is 11.4 Å². The molecule has 5 nitrogen and oxygen atoms in total. The first-order valence-corrected chi connectivity index (χ1v) is 10.9. The van der Waals surface area contributed by atoms with E-state index in [1.165, 1.54) is 4.88 Å². The number of ketones is 2. The van der Waals surface area contributed by atoms with Crippen molar-refractivity contribution < 1.29 is 19.3 Å². The lowest BCUT2D eigenvalue weighted by Gasteiger charge is -2.24. The second kappa shape index (κ2) is 8.34. The van der Waals surface area contributed by atoms with Gasteiger partial charge in [0, 0.05) is 27.9 Å². The first-order chi connectivity index (χ1) is 14.5. The van der Waals surface area contributed by atoms with Crippen molar-refractivity contribution in [2.24, 2.45) is 0 Å². The molecule has 2 aromatic carbocycles. The van der Waals surface area contributed by atoms with Crippen LogP contribution in [0, 0.1) is 0 Å². The fourth-order valence-corrected chi connectivity index (χ4v) is 4.59. The summed E-state index contributed by atoms with van der Waals surface area (Å²) in [7, 11) is 0. The van der Waals surface area contributed by atoms with Crippen LogP contribution >= 0.6 is 11.3 Å². The third kappa shape index (κ3) is 3.72. The third-order valence-electron chi connectivity index (χ3n) is 5.63. The Morgan fingerprint density at radius 3 is 2.27 bits per heavy atom. The highest BCUT2D eigenvalue weighted by Crippen LogP contribution is 2.29. The number of quaternary nitrogens is 1. The number of hydrogen-bond acceptors (Lipinski definition) is 4. The Morgan fingerprint density at radius 1 is 0.967 bits per heavy atom. The maximum atomic E-state index is 12.9. The second-order valence-electron chi connectivity index (χ2n) is 7.44. The van der Waals surface area contributed by atoms with E-state index in [-0.39, 0.29) is 23.5 Å². The predicted molar refractivity (Wildman–Crippen MR) is 117 cm³/mol. The lowest BCUT2D eigenvalue weighted by atomic mass is 9.84. The summed E-state index contributed by atoms with van der Waals surface area (Å²) in [5.41, 5.74) is 2.07. The van der Waals surface area contributed by atoms with E-state index < -0.39 is 0 Å². The number of benzene rings is 2. The van der Waals surface area contributed by atoms with Crippen molar-refractivity contribution in [3.8, 4) is 0 Å². The molecule has 0 bridgehead atoms. The first kappa shape index (κ1) is 20.2. The summed E-state index contributed by atoms with van der Waals surface area (Å²) in [5, 5.41) is 4.96. The van der Waals surface area contributed by atoms with Crippen molar-refractivity contribution in [2.75, 3.05) is 11.9 Å². The van der Waals surface area contributed by atoms with Crippen LogP contribution in [-0.2, 0) is 11.3 Å². The van der Waals surface area contributed by atoms with Crippen molar-refractivity contribution in [3.05, 3.63) is 87.1 Å². The largest absolute Gasteiger partial charge is 0.321 e. The summed E-state index contributed by atoms with van der Waals surface area (Å²) in [6.45, 7) is 5.58. The molecule has 3 aromatic rings. The quantitative estimate of drug-likeness (QED) is 0.505. The van der Waals surface area contributed by atoms with E-state index in [9.17, 15) is 14.4 Å². The van der Waals surface area contributed by atoms with Gasteiger partial charge in [-0.15, -0.1) is 11.3 Å². The second-order valence-corrected chi connectivity index (χ2v) is 8.48. The van der Waals surface area contributed by atoms with Gasteiger partial charge in [-0.1, -0.05) is 30.3 Å². The fourth-order valence-electron chi connectivity index (χ4n) is 3.83. The van der Waals surface area contributed by atoms with Gasteiger partial charge in [0.1, 0.15) is 6.54 Å². The third-order valence-corrected chi connectivity index (χ3v) is 6.51. The molecule has 0 fully saturated rings. The van der Waals surface area contributed by atoms with Crippen LogP contribution < -0.4 is 10.2 Å². The SMILES string of the molecule is CC[NH+](Cc1cccs1)[C@@H](C)C(=O)Nc1ccc2c(c1)C(=O)c1ccccc1C2=O. The zero-order valence-electron chi connectivity index (χ0n) is 16.9. The Kier molecular flexibility index (Phi) is 5.61. The van der Waals surface area contributed by atoms with Gasteiger partial charge in [-0.25, -0.2) is 0 Å². The Morgan fingerprint density at radius 2 is 1.63 bits per heavy atom. The van der Waals surface area contributed by atoms with Crippen molar-refractivity contribution >= 4 is 34.5 Å². The number of nitrogens with one attached hydrogen (secondary N) is 2. The molecule has 0 radical (unpaired) electrons. The number of carbonyl (C=O) groups excluding carboxylic acids is 3. The van der Waals surface area contributed by atoms with Gasteiger partial charge in [-0.3, -0.25) is 14.4 Å². The van der Waals surface area contributed by atoms with E-state index in [4.69, 9.17) is 0 Å². The van der Waals surface area contributed by atoms with Crippen LogP contribution in [0.3, 0.4) is 0 Å². The summed E-state index contributed by atoms with van der Waals surface area (Å²) >= 11 is 1.69. The molecule has 2 atom stereocenters. The van der Waals surface area contributed by atoms with Crippen molar-refractivity contribution in [2.45, 2.75) is 26.4 Å². The average molecular weight is 420 g/mol. The van der Waals surface area contributed by atoms with E-state index in [0.717, 1.165) is 18.0 Å². The normalized spacial score (nSPS) is 14.6. The van der Waals surface area contributed by atoms with Crippen molar-refractivity contribution in [1.29, 1.82) is 0 Å². The minimum Gasteiger partial charge on any atom is -0.321 e. The molecule has 30 heavy (non-hydrogen) atoms. The molecule has 0 aliphatic heterocycles. The molecule has 4 rings (SSSR count). The number of hydrogen-bond donors (Lipinski definition) is 2. The highest BCUT2D eigenvalue weighted by Gasteiger charge is 2.30. The van der Waals surface area contributed by atoms with E-state index >= 15 is 0 Å². The number of rotatable bonds is 6. The molecule has 1 amide bonds. The van der Waals surface area contributed by atoms with Gasteiger partial charge in [-0.05, 0) is 43.5 Å². The Balaban J connectivity index is 1.53. The van der Waals surface area contributed by atoms with E-state index in [2.05, 4.69) is 18.3 Å². The molecular formula is C24H23N2O3S+. The number of thiophene rings is 1. The minimum absolute atomic E-state index is 0.113. The van der Waals surface area contributed by atoms with Crippen LogP contribution in [0.2, 0.25) is 0 Å². The smallest absolute Gasteiger partial charge is 0.282 e. The van der Waals surface area contributed by atoms with Crippen molar-refractivity contribution in [1.82, 2.24) is 0 Å². The molecule has 152 valence electrons. The van der Waals surface area contributed by atoms with Gasteiger partial charge >= 0.3 is 0 Å². The zero-order valence-corrected chi connectivity index (χ0v) is 17.7. The van der Waals surface area contributed by atoms with Gasteiger partial charge in [-0.2, -0.15) is 0 Å². The Labute approximate surface area is 179 Å². The maximum absolute atomic E-state index is 12.9. The average Bonchev–Trinajstić information content (AvgIpc) is 3.28. The van der Waals surface area contributed by atoms with Gasteiger partial charge < -0.3 is 10.2 Å². The number of amides is 1. The molecule has 0 saturated heterocycles. The van der Waals surface area contributed by atoms with Crippen LogP contribution in [0.25, 0.3) is 0 Å². The maximum Gasteiger partial charge on any atom is 0.282 e. The summed E-state index contributed by atoms with van der Waals surface area (Å²) in [5.74, 6) is -0.467. The predicted octanol–water partition coefficient (Wildman–Crippen LogP) is 2.96. The molecule has 1 aliphatic carbocycles. The Hall–Kier alpha value is -3.09. The lowest BCUT2D eigenvalue weighted by Crippen LogP contribution is -3.15. The monoisotopic (exact) mass is 419 g/mol. The van der Waals surface area contributed by atoms with Crippen LogP contribution in [0.4, 0.5) is 5.69 Å². The molecule has 0 spiro atoms. The van der Waals surface area contributed by atoms with E-state index in [1.807, 2.05) is 18.4 Å². The van der Waals surface area contributed by atoms with Crippen LogP contribution in [-0.4, -0.2) is 30.1 Å². The topological polar surface area (TPSA) is 67.7 Å². The molecule has 1 aliphatic rings. The van der Waals surface area contributed by atoms with Crippen LogP contribution in [0.5, 0.6) is 0 Å². The molecule has 6 heteroatoms. The highest BCUT2D eigenvalue weighted by molar-refractivity contribution is 7.09. The van der Waals surface area contributed by atoms with Gasteiger partial charge in [0.25, 0.3) is 5.91 Å². The molecule has 1 heterocycles. The van der Waals surface area contributed by atoms with E-state index in [1.54, 1.807) is 53.8 Å². The number of likely N-dealkylation sites (N-methyl/N-ethyl adjacent to an activating group) is 1. The summed E-state index contributed by atoms with van der Waals surface area (Å²) in [6.07, 6.45) is 0. The zero-order chi connectivity index (χ0) is 21.3. The summed E-state index contributed by atoms with van der Waals surface area (Å²) in [4.78, 5) is 40.9. The summed E-state index contributed by atoms with van der Waals surface area (Å²) in [6, 6.07) is 15.6. The molecule has 0 saturated carbocycles. The van der Waals surface area contributed by atoms with Crippen LogP contribution in [0.15, 0.2) is 60.0 Å². The standard InChI is InChI=1S/C24H22N2O3S/c1-3-26(14-17-7-6-12-30-17)15(2)24(29)25-16-10-11-20-21(13-16)23(28)19-9-5-4-8-18(19)22(20)27/h4-13,15H,3,14H2,1-2H3,(H,25,29)/p+1/t15-/m0/s1. The van der Waals surface area contributed by atoms with Crippen molar-refractivity contribution in [3.63, 3.8) is 0 Å². The molecular weight excluding hydrogens is 396 g/mol. The molecule has 2 N–H and O–H groups in total. The first-order valence-electron chi connectivity index (χ1n) is 10.00. The number of carbonyl (C=O) groups is 3. The summed E-state index contributed by atoms with van der Waals surface area (Å²) < 4.78 is 0.